The minimum Gasteiger partial charge on any atom is -0.379 e. The fraction of sp³-hybridized carbons (Fsp3) is 0.286. The summed E-state index contributed by atoms with van der Waals surface area (Å²) in [5.74, 6) is 0.592. The van der Waals surface area contributed by atoms with Gasteiger partial charge in [-0.3, -0.25) is 0 Å². The second-order valence-electron chi connectivity index (χ2n) is 4.75. The fourth-order valence-corrected chi connectivity index (χ4v) is 2.18. The zero-order chi connectivity index (χ0) is 14.5. The van der Waals surface area contributed by atoms with Gasteiger partial charge in [0.2, 0.25) is 5.82 Å². The van der Waals surface area contributed by atoms with Crippen molar-refractivity contribution in [1.82, 2.24) is 30.2 Å². The molecule has 3 rings (SSSR count). The summed E-state index contributed by atoms with van der Waals surface area (Å²) < 4.78 is 2.16. The summed E-state index contributed by atoms with van der Waals surface area (Å²) in [4.78, 5) is 4.20. The third-order valence-electron chi connectivity index (χ3n) is 3.20. The van der Waals surface area contributed by atoms with Crippen LogP contribution in [-0.2, 0) is 13.1 Å². The first-order valence-electron chi connectivity index (χ1n) is 6.93. The molecule has 0 saturated heterocycles. The maximum absolute atomic E-state index is 4.20. The molecule has 0 atom stereocenters. The number of rotatable bonds is 6. The molecular weight excluding hydrogens is 266 g/mol. The molecule has 7 heteroatoms. The van der Waals surface area contributed by atoms with Crippen LogP contribution in [0.4, 0.5) is 5.69 Å². The highest BCUT2D eigenvalue weighted by Crippen LogP contribution is 2.18. The first-order valence-corrected chi connectivity index (χ1v) is 6.93. The molecule has 0 aliphatic rings. The number of H-pyrrole nitrogens is 1. The molecule has 0 saturated carbocycles. The quantitative estimate of drug-likeness (QED) is 0.723. The van der Waals surface area contributed by atoms with Gasteiger partial charge in [-0.25, -0.2) is 4.98 Å². The van der Waals surface area contributed by atoms with E-state index in [1.165, 1.54) is 5.69 Å². The predicted molar refractivity (Wildman–Crippen MR) is 79.5 cm³/mol. The molecule has 21 heavy (non-hydrogen) atoms. The van der Waals surface area contributed by atoms with Crippen LogP contribution in [0.25, 0.3) is 11.4 Å². The smallest absolute Gasteiger partial charge is 0.204 e. The molecule has 0 radical (unpaired) electrons. The Kier molecular flexibility index (Phi) is 3.90. The maximum atomic E-state index is 4.20. The molecule has 0 bridgehead atoms. The highest BCUT2D eigenvalue weighted by Gasteiger charge is 2.05. The van der Waals surface area contributed by atoms with Gasteiger partial charge in [-0.2, -0.15) is 5.21 Å². The summed E-state index contributed by atoms with van der Waals surface area (Å²) in [6.45, 7) is 3.88. The van der Waals surface area contributed by atoms with Crippen LogP contribution in [0.3, 0.4) is 0 Å². The Morgan fingerprint density at radius 3 is 3.10 bits per heavy atom. The number of anilines is 1. The number of nitrogens with one attached hydrogen (secondary N) is 2. The van der Waals surface area contributed by atoms with Gasteiger partial charge >= 0.3 is 0 Å². The van der Waals surface area contributed by atoms with Crippen LogP contribution in [0.2, 0.25) is 0 Å². The molecule has 2 heterocycles. The van der Waals surface area contributed by atoms with Gasteiger partial charge in [-0.15, -0.1) is 10.2 Å². The standard InChI is InChI=1S/C14H17N7/c1-2-6-21-10-15-8-13(21)9-16-12-5-3-4-11(7-12)14-17-19-20-18-14/h3-5,7-8,10,16H,2,6,9H2,1H3,(H,17,18,19,20). The van der Waals surface area contributed by atoms with E-state index >= 15 is 0 Å². The van der Waals surface area contributed by atoms with Crippen LogP contribution in [0.5, 0.6) is 0 Å². The second kappa shape index (κ2) is 6.17. The van der Waals surface area contributed by atoms with E-state index in [1.807, 2.05) is 36.8 Å². The zero-order valence-electron chi connectivity index (χ0n) is 11.8. The van der Waals surface area contributed by atoms with Crippen LogP contribution < -0.4 is 5.32 Å². The molecule has 108 valence electrons. The summed E-state index contributed by atoms with van der Waals surface area (Å²) in [6.07, 6.45) is 4.86. The molecule has 7 nitrogen and oxygen atoms in total. The van der Waals surface area contributed by atoms with E-state index in [4.69, 9.17) is 0 Å². The SMILES string of the molecule is CCCn1cncc1CNc1cccc(-c2nn[nH]n2)c1. The average molecular weight is 283 g/mol. The van der Waals surface area contributed by atoms with Crippen molar-refractivity contribution in [2.75, 3.05) is 5.32 Å². The Balaban J connectivity index is 1.71. The number of nitrogens with zero attached hydrogens (tertiary/aromatic N) is 5. The lowest BCUT2D eigenvalue weighted by Gasteiger charge is -2.09. The average Bonchev–Trinajstić information content (AvgIpc) is 3.18. The van der Waals surface area contributed by atoms with Crippen molar-refractivity contribution in [3.05, 3.63) is 42.5 Å². The lowest BCUT2D eigenvalue weighted by atomic mass is 10.2. The van der Waals surface area contributed by atoms with Gasteiger partial charge in [0.25, 0.3) is 0 Å². The normalized spacial score (nSPS) is 10.7. The Morgan fingerprint density at radius 1 is 1.33 bits per heavy atom. The topological polar surface area (TPSA) is 84.3 Å². The molecule has 2 aromatic heterocycles. The summed E-state index contributed by atoms with van der Waals surface area (Å²) in [5, 5.41) is 17.4. The first-order chi connectivity index (χ1) is 10.4. The van der Waals surface area contributed by atoms with E-state index in [0.29, 0.717) is 5.82 Å². The van der Waals surface area contributed by atoms with Crippen LogP contribution >= 0.6 is 0 Å². The lowest BCUT2D eigenvalue weighted by Crippen LogP contribution is -2.06. The van der Waals surface area contributed by atoms with Gasteiger partial charge in [0, 0.05) is 24.0 Å². The minimum absolute atomic E-state index is 0.592. The molecule has 0 fully saturated rings. The van der Waals surface area contributed by atoms with Crippen molar-refractivity contribution in [3.8, 4) is 11.4 Å². The van der Waals surface area contributed by atoms with Crippen molar-refractivity contribution >= 4 is 5.69 Å². The first kappa shape index (κ1) is 13.3. The summed E-state index contributed by atoms with van der Waals surface area (Å²) in [6, 6.07) is 7.95. The van der Waals surface area contributed by atoms with Crippen molar-refractivity contribution in [2.24, 2.45) is 0 Å². The molecule has 2 N–H and O–H groups in total. The fourth-order valence-electron chi connectivity index (χ4n) is 2.18. The van der Waals surface area contributed by atoms with Crippen molar-refractivity contribution in [3.63, 3.8) is 0 Å². The van der Waals surface area contributed by atoms with E-state index in [9.17, 15) is 0 Å². The number of benzene rings is 1. The van der Waals surface area contributed by atoms with Gasteiger partial charge in [-0.1, -0.05) is 19.1 Å². The number of hydrogen-bond donors (Lipinski definition) is 2. The van der Waals surface area contributed by atoms with Crippen molar-refractivity contribution in [2.45, 2.75) is 26.4 Å². The number of aryl methyl sites for hydroxylation is 1. The Hall–Kier alpha value is -2.70. The monoisotopic (exact) mass is 283 g/mol. The number of aromatic nitrogens is 6. The number of tetrazole rings is 1. The van der Waals surface area contributed by atoms with Gasteiger partial charge < -0.3 is 9.88 Å². The largest absolute Gasteiger partial charge is 0.379 e. The molecule has 0 spiro atoms. The lowest BCUT2D eigenvalue weighted by molar-refractivity contribution is 0.651. The third kappa shape index (κ3) is 3.07. The molecular formula is C14H17N7. The van der Waals surface area contributed by atoms with E-state index in [-0.39, 0.29) is 0 Å². The van der Waals surface area contributed by atoms with Gasteiger partial charge in [-0.05, 0) is 23.8 Å². The Labute approximate surface area is 122 Å². The van der Waals surface area contributed by atoms with E-state index in [0.717, 1.165) is 30.8 Å². The highest BCUT2D eigenvalue weighted by atomic mass is 15.5. The maximum Gasteiger partial charge on any atom is 0.204 e. The van der Waals surface area contributed by atoms with Crippen LogP contribution in [0.1, 0.15) is 19.0 Å². The predicted octanol–water partition coefficient (Wildman–Crippen LogP) is 2.09. The van der Waals surface area contributed by atoms with E-state index in [1.54, 1.807) is 0 Å². The van der Waals surface area contributed by atoms with Crippen molar-refractivity contribution in [1.29, 1.82) is 0 Å². The molecule has 0 aliphatic carbocycles. The summed E-state index contributed by atoms with van der Waals surface area (Å²) in [5.41, 5.74) is 3.11. The number of hydrogen-bond acceptors (Lipinski definition) is 5. The number of aromatic amines is 1. The third-order valence-corrected chi connectivity index (χ3v) is 3.20. The number of imidazole rings is 1. The van der Waals surface area contributed by atoms with E-state index in [2.05, 4.69) is 42.4 Å². The zero-order valence-corrected chi connectivity index (χ0v) is 11.8. The van der Waals surface area contributed by atoms with E-state index < -0.39 is 0 Å². The molecule has 0 aliphatic heterocycles. The molecule has 3 aromatic rings. The Bertz CT molecular complexity index is 687. The minimum atomic E-state index is 0.592. The van der Waals surface area contributed by atoms with Crippen LogP contribution in [-0.4, -0.2) is 30.2 Å². The Morgan fingerprint density at radius 2 is 2.29 bits per heavy atom. The van der Waals surface area contributed by atoms with Crippen molar-refractivity contribution < 1.29 is 0 Å². The highest BCUT2D eigenvalue weighted by molar-refractivity contribution is 5.61. The molecule has 0 unspecified atom stereocenters. The second-order valence-corrected chi connectivity index (χ2v) is 4.75. The molecule has 0 amide bonds. The van der Waals surface area contributed by atoms with Gasteiger partial charge in [0.05, 0.1) is 18.6 Å². The van der Waals surface area contributed by atoms with Crippen LogP contribution in [0.15, 0.2) is 36.8 Å². The molecule has 1 aromatic carbocycles. The van der Waals surface area contributed by atoms with Gasteiger partial charge in [0.15, 0.2) is 0 Å². The summed E-state index contributed by atoms with van der Waals surface area (Å²) in [7, 11) is 0. The van der Waals surface area contributed by atoms with Gasteiger partial charge in [0.1, 0.15) is 0 Å². The summed E-state index contributed by atoms with van der Waals surface area (Å²) >= 11 is 0. The van der Waals surface area contributed by atoms with Crippen LogP contribution in [0, 0.1) is 0 Å².